The molecule has 0 bridgehead atoms. The van der Waals surface area contributed by atoms with Crippen LogP contribution < -0.4 is 5.32 Å². The van der Waals surface area contributed by atoms with Gasteiger partial charge in [0, 0.05) is 12.8 Å². The Balaban J connectivity index is 2.06. The highest BCUT2D eigenvalue weighted by atomic mass is 16.7. The Morgan fingerprint density at radius 3 is 1.34 bits per heavy atom. The molecule has 1 heterocycles. The van der Waals surface area contributed by atoms with Crippen molar-refractivity contribution in [2.45, 2.75) is 333 Å². The maximum Gasteiger partial charge on any atom is 0.305 e. The van der Waals surface area contributed by atoms with Crippen molar-refractivity contribution < 1.29 is 49.3 Å². The molecular formula is C63H117NO10. The van der Waals surface area contributed by atoms with Crippen molar-refractivity contribution in [3.05, 3.63) is 36.5 Å². The minimum atomic E-state index is -1.58. The third-order valence-corrected chi connectivity index (χ3v) is 14.7. The summed E-state index contributed by atoms with van der Waals surface area (Å²) in [7, 11) is 0. The number of nitrogens with one attached hydrogen (secondary N) is 1. The van der Waals surface area contributed by atoms with Gasteiger partial charge in [-0.25, -0.2) is 0 Å². The average Bonchev–Trinajstić information content (AvgIpc) is 3.40. The van der Waals surface area contributed by atoms with Crippen molar-refractivity contribution in [2.75, 3.05) is 19.8 Å². The first-order chi connectivity index (χ1) is 36.2. The predicted octanol–water partition coefficient (Wildman–Crippen LogP) is 14.7. The van der Waals surface area contributed by atoms with Crippen molar-refractivity contribution in [1.82, 2.24) is 5.32 Å². The smallest absolute Gasteiger partial charge is 0.305 e. The van der Waals surface area contributed by atoms with Crippen LogP contribution in [0.3, 0.4) is 0 Å². The summed E-state index contributed by atoms with van der Waals surface area (Å²) in [5, 5.41) is 54.3. The van der Waals surface area contributed by atoms with Crippen molar-refractivity contribution in [3.63, 3.8) is 0 Å². The highest BCUT2D eigenvalue weighted by molar-refractivity contribution is 5.76. The molecule has 1 fully saturated rings. The summed E-state index contributed by atoms with van der Waals surface area (Å²) < 4.78 is 16.7. The number of allylic oxidation sites excluding steroid dienone is 5. The Labute approximate surface area is 453 Å². The van der Waals surface area contributed by atoms with Crippen LogP contribution >= 0.6 is 0 Å². The Morgan fingerprint density at radius 2 is 0.878 bits per heavy atom. The molecule has 434 valence electrons. The average molecular weight is 1050 g/mol. The lowest BCUT2D eigenvalue weighted by Crippen LogP contribution is -2.60. The summed E-state index contributed by atoms with van der Waals surface area (Å²) in [6.45, 7) is 4.31. The zero-order chi connectivity index (χ0) is 53.8. The maximum atomic E-state index is 13.0. The van der Waals surface area contributed by atoms with E-state index in [0.29, 0.717) is 19.4 Å². The highest BCUT2D eigenvalue weighted by Crippen LogP contribution is 2.23. The molecule has 11 nitrogen and oxygen atoms in total. The molecule has 7 atom stereocenters. The van der Waals surface area contributed by atoms with Gasteiger partial charge < -0.3 is 45.1 Å². The quantitative estimate of drug-likeness (QED) is 0.0195. The molecular weight excluding hydrogens is 931 g/mol. The van der Waals surface area contributed by atoms with Crippen LogP contribution in [0, 0.1) is 0 Å². The van der Waals surface area contributed by atoms with Crippen LogP contribution in [0.15, 0.2) is 36.5 Å². The summed E-state index contributed by atoms with van der Waals surface area (Å²) in [5.74, 6) is -0.200. The van der Waals surface area contributed by atoms with Gasteiger partial charge in [0.2, 0.25) is 5.91 Å². The van der Waals surface area contributed by atoms with Gasteiger partial charge in [0.25, 0.3) is 0 Å². The Hall–Kier alpha value is -2.12. The molecule has 74 heavy (non-hydrogen) atoms. The Morgan fingerprint density at radius 1 is 0.486 bits per heavy atom. The molecule has 6 N–H and O–H groups in total. The first kappa shape index (κ1) is 69.9. The molecule has 0 aromatic carbocycles. The van der Waals surface area contributed by atoms with E-state index >= 15 is 0 Å². The van der Waals surface area contributed by atoms with Gasteiger partial charge >= 0.3 is 5.97 Å². The van der Waals surface area contributed by atoms with Gasteiger partial charge in [-0.05, 0) is 70.6 Å². The molecule has 0 radical (unpaired) electrons. The number of carbonyl (C=O) groups is 2. The van der Waals surface area contributed by atoms with Crippen LogP contribution in [0.1, 0.15) is 290 Å². The second-order valence-electron chi connectivity index (χ2n) is 21.8. The van der Waals surface area contributed by atoms with Gasteiger partial charge in [-0.1, -0.05) is 243 Å². The SMILES string of the molecule is CCCCCCCC/C=C/CC/C=C/C(O)C(COC1OC(CO)C(O)C(O)C1O)NC(=O)CCCCCCCCC/C=C\CCCCCCCCCCCCCCOC(=O)CCCCCCCCCCCCC. The van der Waals surface area contributed by atoms with Crippen LogP contribution in [-0.4, -0.2) is 100 Å². The Kier molecular flexibility index (Phi) is 50.0. The van der Waals surface area contributed by atoms with Gasteiger partial charge in [0.05, 0.1) is 32.0 Å². The van der Waals surface area contributed by atoms with Crippen molar-refractivity contribution in [3.8, 4) is 0 Å². The second-order valence-corrected chi connectivity index (χ2v) is 21.8. The van der Waals surface area contributed by atoms with Gasteiger partial charge in [-0.15, -0.1) is 0 Å². The molecule has 1 rings (SSSR count). The van der Waals surface area contributed by atoms with E-state index in [1.807, 2.05) is 6.08 Å². The number of ether oxygens (including phenoxy) is 3. The Bertz CT molecular complexity index is 1320. The standard InChI is InChI=1S/C63H117NO10/c1-3-5-7-9-11-13-15-30-33-37-41-45-49-56(66)55(54-73-63-62(71)61(70)60(69)57(53-65)74-63)64-58(67)50-46-42-38-34-31-27-25-23-21-19-17-16-18-20-22-24-26-28-32-36-40-44-48-52-72-59(68)51-47-43-39-35-29-14-12-10-8-6-4-2/h19,21,30,33,45,49,55-57,60-63,65-66,69-71H,3-18,20,22-29,31-32,34-44,46-48,50-54H2,1-2H3,(H,64,67)/b21-19-,33-30+,49-45+. The van der Waals surface area contributed by atoms with Crippen LogP contribution in [0.5, 0.6) is 0 Å². The zero-order valence-corrected chi connectivity index (χ0v) is 47.8. The molecule has 11 heteroatoms. The fourth-order valence-corrected chi connectivity index (χ4v) is 9.74. The van der Waals surface area contributed by atoms with E-state index in [9.17, 15) is 35.1 Å². The molecule has 0 aromatic heterocycles. The summed E-state index contributed by atoms with van der Waals surface area (Å²) in [6.07, 6.45) is 55.3. The largest absolute Gasteiger partial charge is 0.466 e. The van der Waals surface area contributed by atoms with E-state index in [2.05, 4.69) is 43.5 Å². The first-order valence-corrected chi connectivity index (χ1v) is 31.3. The van der Waals surface area contributed by atoms with E-state index in [-0.39, 0.29) is 18.5 Å². The number of esters is 1. The number of carbonyl (C=O) groups excluding carboxylic acids is 2. The fraction of sp³-hybridized carbons (Fsp3) is 0.873. The predicted molar refractivity (Wildman–Crippen MR) is 306 cm³/mol. The minimum Gasteiger partial charge on any atom is -0.466 e. The molecule has 1 saturated heterocycles. The van der Waals surface area contributed by atoms with E-state index in [1.165, 1.54) is 193 Å². The minimum absolute atomic E-state index is 0.00112. The number of amides is 1. The van der Waals surface area contributed by atoms with Gasteiger partial charge in [-0.2, -0.15) is 0 Å². The van der Waals surface area contributed by atoms with Crippen molar-refractivity contribution >= 4 is 11.9 Å². The fourth-order valence-electron chi connectivity index (χ4n) is 9.74. The molecule has 0 spiro atoms. The molecule has 1 aliphatic heterocycles. The zero-order valence-electron chi connectivity index (χ0n) is 47.8. The van der Waals surface area contributed by atoms with E-state index < -0.39 is 49.5 Å². The molecule has 7 unspecified atom stereocenters. The molecule has 1 amide bonds. The van der Waals surface area contributed by atoms with Gasteiger partial charge in [-0.3, -0.25) is 9.59 Å². The third-order valence-electron chi connectivity index (χ3n) is 14.7. The number of hydrogen-bond donors (Lipinski definition) is 6. The number of rotatable bonds is 54. The molecule has 0 aliphatic carbocycles. The summed E-state index contributed by atoms with van der Waals surface area (Å²) in [6, 6.07) is -0.831. The topological polar surface area (TPSA) is 175 Å². The van der Waals surface area contributed by atoms with E-state index in [4.69, 9.17) is 14.2 Å². The lowest BCUT2D eigenvalue weighted by Gasteiger charge is -2.40. The molecule has 1 aliphatic rings. The third kappa shape index (κ3) is 42.0. The van der Waals surface area contributed by atoms with Gasteiger partial charge in [0.1, 0.15) is 24.4 Å². The monoisotopic (exact) mass is 1050 g/mol. The summed E-state index contributed by atoms with van der Waals surface area (Å²) in [4.78, 5) is 25.0. The van der Waals surface area contributed by atoms with E-state index in [1.54, 1.807) is 6.08 Å². The number of unbranched alkanes of at least 4 members (excludes halogenated alkanes) is 36. The lowest BCUT2D eigenvalue weighted by atomic mass is 9.99. The summed E-state index contributed by atoms with van der Waals surface area (Å²) >= 11 is 0. The number of aliphatic hydroxyl groups excluding tert-OH is 5. The maximum absolute atomic E-state index is 13.0. The van der Waals surface area contributed by atoms with Crippen LogP contribution in [-0.2, 0) is 23.8 Å². The number of aliphatic hydroxyl groups is 5. The lowest BCUT2D eigenvalue weighted by molar-refractivity contribution is -0.302. The van der Waals surface area contributed by atoms with Crippen molar-refractivity contribution in [2.24, 2.45) is 0 Å². The van der Waals surface area contributed by atoms with Crippen LogP contribution in [0.25, 0.3) is 0 Å². The van der Waals surface area contributed by atoms with Gasteiger partial charge in [0.15, 0.2) is 6.29 Å². The molecule has 0 aromatic rings. The normalized spacial score (nSPS) is 19.0. The summed E-state index contributed by atoms with van der Waals surface area (Å²) in [5.41, 5.74) is 0. The molecule has 0 saturated carbocycles. The second kappa shape index (κ2) is 52.9. The first-order valence-electron chi connectivity index (χ1n) is 31.3. The van der Waals surface area contributed by atoms with Crippen molar-refractivity contribution in [1.29, 1.82) is 0 Å². The van der Waals surface area contributed by atoms with E-state index in [0.717, 1.165) is 70.6 Å². The highest BCUT2D eigenvalue weighted by Gasteiger charge is 2.44. The van der Waals surface area contributed by atoms with Crippen LogP contribution in [0.4, 0.5) is 0 Å². The number of hydrogen-bond acceptors (Lipinski definition) is 10. The van der Waals surface area contributed by atoms with Crippen LogP contribution in [0.2, 0.25) is 0 Å².